The second-order valence-electron chi connectivity index (χ2n) is 7.29. The molecule has 7 heteroatoms. The summed E-state index contributed by atoms with van der Waals surface area (Å²) in [6.07, 6.45) is 6.04. The van der Waals surface area contributed by atoms with Crippen molar-refractivity contribution in [3.8, 4) is 11.5 Å². The molecule has 1 aliphatic rings. The normalized spacial score (nSPS) is 17.0. The molecule has 4 rings (SSSR count). The molecule has 1 aliphatic heterocycles. The smallest absolute Gasteiger partial charge is 0.288 e. The van der Waals surface area contributed by atoms with Gasteiger partial charge < -0.3 is 9.32 Å². The SMILES string of the molecule is CCN(CC)c1ccc(-c2nn(CN3CCCC3c3cccnc3)c(=S)o2)cc1. The van der Waals surface area contributed by atoms with E-state index in [-0.39, 0.29) is 0 Å². The first kappa shape index (κ1) is 19.8. The number of hydrogen-bond donors (Lipinski definition) is 0. The molecule has 1 fully saturated rings. The predicted octanol–water partition coefficient (Wildman–Crippen LogP) is 4.91. The van der Waals surface area contributed by atoms with Gasteiger partial charge in [-0.3, -0.25) is 9.88 Å². The summed E-state index contributed by atoms with van der Waals surface area (Å²) < 4.78 is 7.61. The molecule has 1 unspecified atom stereocenters. The van der Waals surface area contributed by atoms with Crippen LogP contribution in [0.15, 0.2) is 53.2 Å². The zero-order chi connectivity index (χ0) is 20.2. The third-order valence-corrected chi connectivity index (χ3v) is 5.89. The first-order chi connectivity index (χ1) is 14.2. The summed E-state index contributed by atoms with van der Waals surface area (Å²) in [7, 11) is 0. The Hall–Kier alpha value is -2.51. The summed E-state index contributed by atoms with van der Waals surface area (Å²) in [6.45, 7) is 7.93. The number of pyridine rings is 1. The lowest BCUT2D eigenvalue weighted by molar-refractivity contribution is 0.187. The topological polar surface area (TPSA) is 50.3 Å². The van der Waals surface area contributed by atoms with Crippen LogP contribution in [0.25, 0.3) is 11.5 Å². The fourth-order valence-electron chi connectivity index (χ4n) is 4.03. The molecule has 1 atom stereocenters. The second kappa shape index (κ2) is 8.88. The highest BCUT2D eigenvalue weighted by atomic mass is 32.1. The minimum absolute atomic E-state index is 0.346. The summed E-state index contributed by atoms with van der Waals surface area (Å²) in [5.74, 6) is 0.568. The van der Waals surface area contributed by atoms with Gasteiger partial charge in [-0.15, -0.1) is 5.10 Å². The van der Waals surface area contributed by atoms with Crippen LogP contribution in [0.5, 0.6) is 0 Å². The summed E-state index contributed by atoms with van der Waals surface area (Å²) in [6, 6.07) is 12.8. The predicted molar refractivity (Wildman–Crippen MR) is 117 cm³/mol. The van der Waals surface area contributed by atoms with Crippen LogP contribution in [-0.4, -0.2) is 39.3 Å². The molecule has 3 aromatic rings. The minimum atomic E-state index is 0.346. The molecule has 0 radical (unpaired) electrons. The number of anilines is 1. The van der Waals surface area contributed by atoms with Crippen molar-refractivity contribution in [2.45, 2.75) is 39.4 Å². The zero-order valence-electron chi connectivity index (χ0n) is 17.0. The van der Waals surface area contributed by atoms with Crippen molar-refractivity contribution in [3.05, 3.63) is 59.2 Å². The number of benzene rings is 1. The molecule has 29 heavy (non-hydrogen) atoms. The van der Waals surface area contributed by atoms with Crippen molar-refractivity contribution in [1.29, 1.82) is 0 Å². The lowest BCUT2D eigenvalue weighted by Crippen LogP contribution is -2.26. The zero-order valence-corrected chi connectivity index (χ0v) is 17.8. The van der Waals surface area contributed by atoms with Crippen molar-refractivity contribution in [2.75, 3.05) is 24.5 Å². The van der Waals surface area contributed by atoms with Gasteiger partial charge >= 0.3 is 0 Å². The van der Waals surface area contributed by atoms with Crippen molar-refractivity contribution >= 4 is 17.9 Å². The summed E-state index contributed by atoms with van der Waals surface area (Å²) >= 11 is 5.45. The van der Waals surface area contributed by atoms with E-state index in [1.54, 1.807) is 4.68 Å². The molecular formula is C22H27N5OS. The molecule has 2 aromatic heterocycles. The number of likely N-dealkylation sites (tertiary alicyclic amines) is 1. The van der Waals surface area contributed by atoms with Crippen LogP contribution in [0, 0.1) is 4.84 Å². The molecule has 0 aliphatic carbocycles. The molecule has 1 saturated heterocycles. The van der Waals surface area contributed by atoms with Crippen molar-refractivity contribution < 1.29 is 4.42 Å². The standard InChI is InChI=1S/C22H27N5OS/c1-3-25(4-2)19-11-9-17(10-12-19)21-24-27(22(29)28-21)16-26-14-6-8-20(26)18-7-5-13-23-15-18/h5,7,9-13,15,20H,3-4,6,8,14,16H2,1-2H3. The van der Waals surface area contributed by atoms with E-state index < -0.39 is 0 Å². The van der Waals surface area contributed by atoms with Gasteiger partial charge in [0.15, 0.2) is 0 Å². The molecule has 0 N–H and O–H groups in total. The molecular weight excluding hydrogens is 382 g/mol. The van der Waals surface area contributed by atoms with Crippen molar-refractivity contribution in [1.82, 2.24) is 19.7 Å². The Morgan fingerprint density at radius 2 is 1.97 bits per heavy atom. The number of nitrogens with zero attached hydrogens (tertiary/aromatic N) is 5. The van der Waals surface area contributed by atoms with Gasteiger partial charge in [-0.25, -0.2) is 4.68 Å². The lowest BCUT2D eigenvalue weighted by atomic mass is 10.1. The summed E-state index contributed by atoms with van der Waals surface area (Å²) in [5, 5.41) is 4.66. The van der Waals surface area contributed by atoms with Gasteiger partial charge in [0.2, 0.25) is 5.89 Å². The fraction of sp³-hybridized carbons (Fsp3) is 0.409. The highest BCUT2D eigenvalue weighted by Gasteiger charge is 2.27. The first-order valence-corrected chi connectivity index (χ1v) is 10.7. The second-order valence-corrected chi connectivity index (χ2v) is 7.64. The molecule has 1 aromatic carbocycles. The Balaban J connectivity index is 1.52. The molecule has 0 saturated carbocycles. The quantitative estimate of drug-likeness (QED) is 0.517. The van der Waals surface area contributed by atoms with E-state index in [2.05, 4.69) is 51.9 Å². The number of rotatable bonds is 7. The van der Waals surface area contributed by atoms with Crippen LogP contribution in [0.3, 0.4) is 0 Å². The van der Waals surface area contributed by atoms with E-state index in [1.807, 2.05) is 30.6 Å². The van der Waals surface area contributed by atoms with E-state index >= 15 is 0 Å². The maximum Gasteiger partial charge on any atom is 0.288 e. The van der Waals surface area contributed by atoms with Gasteiger partial charge in [-0.2, -0.15) is 0 Å². The molecule has 0 spiro atoms. The van der Waals surface area contributed by atoms with E-state index in [1.165, 1.54) is 11.3 Å². The number of hydrogen-bond acceptors (Lipinski definition) is 6. The van der Waals surface area contributed by atoms with Crippen LogP contribution in [0.4, 0.5) is 5.69 Å². The van der Waals surface area contributed by atoms with Crippen LogP contribution in [0.1, 0.15) is 38.3 Å². The van der Waals surface area contributed by atoms with E-state index in [9.17, 15) is 0 Å². The van der Waals surface area contributed by atoms with Gasteiger partial charge in [0.05, 0.1) is 6.67 Å². The third kappa shape index (κ3) is 4.26. The minimum Gasteiger partial charge on any atom is -0.409 e. The highest BCUT2D eigenvalue weighted by Crippen LogP contribution is 2.32. The van der Waals surface area contributed by atoms with Crippen LogP contribution >= 0.6 is 12.2 Å². The summed E-state index contributed by atoms with van der Waals surface area (Å²) in [5.41, 5.74) is 3.39. The van der Waals surface area contributed by atoms with Gasteiger partial charge in [-0.05, 0) is 74.8 Å². The van der Waals surface area contributed by atoms with Crippen LogP contribution in [0.2, 0.25) is 0 Å². The first-order valence-electron chi connectivity index (χ1n) is 10.3. The molecule has 0 amide bonds. The lowest BCUT2D eigenvalue weighted by Gasteiger charge is -2.23. The monoisotopic (exact) mass is 409 g/mol. The fourth-order valence-corrected chi connectivity index (χ4v) is 4.21. The largest absolute Gasteiger partial charge is 0.409 e. The molecule has 0 bridgehead atoms. The Bertz CT molecular complexity index is 978. The van der Waals surface area contributed by atoms with Crippen molar-refractivity contribution in [3.63, 3.8) is 0 Å². The molecule has 6 nitrogen and oxygen atoms in total. The maximum atomic E-state index is 5.82. The van der Waals surface area contributed by atoms with E-state index in [4.69, 9.17) is 16.6 Å². The van der Waals surface area contributed by atoms with E-state index in [0.29, 0.717) is 23.4 Å². The van der Waals surface area contributed by atoms with Crippen LogP contribution in [-0.2, 0) is 6.67 Å². The van der Waals surface area contributed by atoms with Gasteiger partial charge in [0.1, 0.15) is 0 Å². The summed E-state index contributed by atoms with van der Waals surface area (Å²) in [4.78, 5) is 9.38. The Kier molecular flexibility index (Phi) is 6.06. The Morgan fingerprint density at radius 3 is 2.66 bits per heavy atom. The average molecular weight is 410 g/mol. The third-order valence-electron chi connectivity index (χ3n) is 5.60. The van der Waals surface area contributed by atoms with Crippen LogP contribution < -0.4 is 4.90 Å². The van der Waals surface area contributed by atoms with Gasteiger partial charge in [0.25, 0.3) is 4.84 Å². The number of aromatic nitrogens is 3. The average Bonchev–Trinajstić information content (AvgIpc) is 3.37. The van der Waals surface area contributed by atoms with E-state index in [0.717, 1.165) is 38.0 Å². The highest BCUT2D eigenvalue weighted by molar-refractivity contribution is 7.71. The maximum absolute atomic E-state index is 5.82. The van der Waals surface area contributed by atoms with Gasteiger partial charge in [0, 0.05) is 49.3 Å². The molecule has 152 valence electrons. The molecule has 3 heterocycles. The Morgan fingerprint density at radius 1 is 1.17 bits per heavy atom. The Labute approximate surface area is 176 Å². The van der Waals surface area contributed by atoms with Gasteiger partial charge in [-0.1, -0.05) is 6.07 Å². The van der Waals surface area contributed by atoms with Crippen molar-refractivity contribution in [2.24, 2.45) is 0 Å².